The number of aliphatic hydroxyl groups excluding tert-OH is 1. The molecule has 0 bridgehead atoms. The number of aromatic nitrogens is 1. The van der Waals surface area contributed by atoms with Crippen LogP contribution in [0.15, 0.2) is 10.7 Å². The molecule has 0 amide bonds. The van der Waals surface area contributed by atoms with Gasteiger partial charge in [0.1, 0.15) is 5.82 Å². The molecule has 1 aliphatic carbocycles. The molecule has 0 atom stereocenters. The van der Waals surface area contributed by atoms with Crippen molar-refractivity contribution in [1.82, 2.24) is 4.98 Å². The maximum atomic E-state index is 9.65. The lowest BCUT2D eigenvalue weighted by molar-refractivity contribution is 0.101. The Balaban J connectivity index is 2.05. The van der Waals surface area contributed by atoms with Crippen molar-refractivity contribution in [2.24, 2.45) is 0 Å². The van der Waals surface area contributed by atoms with Crippen LogP contribution in [0.1, 0.15) is 31.2 Å². The minimum atomic E-state index is -0.149. The second-order valence-corrected chi connectivity index (χ2v) is 6.24. The van der Waals surface area contributed by atoms with Crippen molar-refractivity contribution >= 4 is 33.3 Å². The van der Waals surface area contributed by atoms with Crippen LogP contribution >= 0.6 is 27.5 Å². The van der Waals surface area contributed by atoms with Gasteiger partial charge in [0.2, 0.25) is 0 Å². The number of anilines is 1. The molecule has 5 heteroatoms. The third-order valence-electron chi connectivity index (χ3n) is 4.01. The molecule has 0 radical (unpaired) electrons. The van der Waals surface area contributed by atoms with E-state index in [9.17, 15) is 5.11 Å². The van der Waals surface area contributed by atoms with Crippen molar-refractivity contribution in [3.05, 3.63) is 21.3 Å². The summed E-state index contributed by atoms with van der Waals surface area (Å²) in [6.07, 6.45) is 5.25. The first-order valence-electron chi connectivity index (χ1n) is 5.89. The SMILES string of the molecule is O[C@H]1CC[C@]2(CC1)CNc1ncc(Br)c(Cl)c12. The average Bonchev–Trinajstić information content (AvgIpc) is 2.68. The van der Waals surface area contributed by atoms with Gasteiger partial charge in [-0.3, -0.25) is 0 Å². The standard InChI is InChI=1S/C12H14BrClN2O/c13-8-5-15-11-9(10(8)14)12(6-16-11)3-1-7(17)2-4-12/h5,7,17H,1-4,6H2,(H,15,16)/t7-,12-. The lowest BCUT2D eigenvalue weighted by Crippen LogP contribution is -2.35. The van der Waals surface area contributed by atoms with Gasteiger partial charge in [-0.1, -0.05) is 11.6 Å². The zero-order chi connectivity index (χ0) is 12.0. The van der Waals surface area contributed by atoms with Crippen molar-refractivity contribution < 1.29 is 5.11 Å². The smallest absolute Gasteiger partial charge is 0.131 e. The number of aliphatic hydroxyl groups is 1. The summed E-state index contributed by atoms with van der Waals surface area (Å²) in [5.41, 5.74) is 1.21. The summed E-state index contributed by atoms with van der Waals surface area (Å²) in [4.78, 5) is 4.38. The molecule has 1 saturated carbocycles. The average molecular weight is 318 g/mol. The number of fused-ring (bicyclic) bond motifs is 2. The molecule has 1 spiro atoms. The first-order chi connectivity index (χ1) is 8.12. The second-order valence-electron chi connectivity index (χ2n) is 5.01. The van der Waals surface area contributed by atoms with Gasteiger partial charge in [-0.25, -0.2) is 4.98 Å². The minimum Gasteiger partial charge on any atom is -0.393 e. The fourth-order valence-corrected chi connectivity index (χ4v) is 3.65. The van der Waals surface area contributed by atoms with Crippen LogP contribution in [0.5, 0.6) is 0 Å². The maximum absolute atomic E-state index is 9.65. The van der Waals surface area contributed by atoms with Crippen LogP contribution < -0.4 is 5.32 Å². The van der Waals surface area contributed by atoms with E-state index in [1.54, 1.807) is 6.20 Å². The molecule has 92 valence electrons. The number of pyridine rings is 1. The molecule has 1 aromatic heterocycles. The predicted molar refractivity (Wildman–Crippen MR) is 71.6 cm³/mol. The molecule has 1 aliphatic heterocycles. The van der Waals surface area contributed by atoms with Crippen molar-refractivity contribution in [2.75, 3.05) is 11.9 Å². The van der Waals surface area contributed by atoms with Crippen LogP contribution in [-0.4, -0.2) is 22.7 Å². The van der Waals surface area contributed by atoms with Gasteiger partial charge in [0.05, 0.1) is 15.6 Å². The fourth-order valence-electron chi connectivity index (χ4n) is 3.01. The molecule has 17 heavy (non-hydrogen) atoms. The number of nitrogens with zero attached hydrogens (tertiary/aromatic N) is 1. The minimum absolute atomic E-state index is 0.0719. The van der Waals surface area contributed by atoms with Crippen molar-refractivity contribution in [1.29, 1.82) is 0 Å². The van der Waals surface area contributed by atoms with E-state index in [-0.39, 0.29) is 11.5 Å². The van der Waals surface area contributed by atoms with Crippen LogP contribution in [0.2, 0.25) is 5.02 Å². The van der Waals surface area contributed by atoms with E-state index in [0.29, 0.717) is 0 Å². The van der Waals surface area contributed by atoms with Crippen molar-refractivity contribution in [3.8, 4) is 0 Å². The lowest BCUT2D eigenvalue weighted by atomic mass is 9.70. The van der Waals surface area contributed by atoms with Gasteiger partial charge in [-0.05, 0) is 41.6 Å². The van der Waals surface area contributed by atoms with Crippen LogP contribution in [0.25, 0.3) is 0 Å². The lowest BCUT2D eigenvalue weighted by Gasteiger charge is -2.35. The Labute approximate surface area is 114 Å². The van der Waals surface area contributed by atoms with E-state index in [1.165, 1.54) is 0 Å². The Morgan fingerprint density at radius 3 is 2.88 bits per heavy atom. The van der Waals surface area contributed by atoms with E-state index in [1.807, 2.05) is 0 Å². The van der Waals surface area contributed by atoms with E-state index < -0.39 is 0 Å². The highest BCUT2D eigenvalue weighted by atomic mass is 79.9. The summed E-state index contributed by atoms with van der Waals surface area (Å²) >= 11 is 9.85. The van der Waals surface area contributed by atoms with E-state index >= 15 is 0 Å². The first-order valence-corrected chi connectivity index (χ1v) is 7.06. The third-order valence-corrected chi connectivity index (χ3v) is 5.23. The number of hydrogen-bond acceptors (Lipinski definition) is 3. The summed E-state index contributed by atoms with van der Waals surface area (Å²) in [6, 6.07) is 0. The predicted octanol–water partition coefficient (Wildman–Crippen LogP) is 3.10. The van der Waals surface area contributed by atoms with E-state index in [0.717, 1.165) is 53.1 Å². The molecule has 2 heterocycles. The van der Waals surface area contributed by atoms with Crippen molar-refractivity contribution in [2.45, 2.75) is 37.2 Å². The second kappa shape index (κ2) is 4.11. The van der Waals surface area contributed by atoms with Crippen molar-refractivity contribution in [3.63, 3.8) is 0 Å². The highest BCUT2D eigenvalue weighted by molar-refractivity contribution is 9.10. The quantitative estimate of drug-likeness (QED) is 0.773. The Bertz CT molecular complexity index is 458. The number of nitrogens with one attached hydrogen (secondary N) is 1. The summed E-state index contributed by atoms with van der Waals surface area (Å²) in [5, 5.41) is 13.8. The van der Waals surface area contributed by atoms with E-state index in [2.05, 4.69) is 26.2 Å². The van der Waals surface area contributed by atoms with Gasteiger partial charge in [0.25, 0.3) is 0 Å². The van der Waals surface area contributed by atoms with Gasteiger partial charge < -0.3 is 10.4 Å². The Morgan fingerprint density at radius 1 is 1.47 bits per heavy atom. The van der Waals surface area contributed by atoms with Gasteiger partial charge in [-0.2, -0.15) is 0 Å². The van der Waals surface area contributed by atoms with E-state index in [4.69, 9.17) is 11.6 Å². The summed E-state index contributed by atoms with van der Waals surface area (Å²) in [5.74, 6) is 0.912. The summed E-state index contributed by atoms with van der Waals surface area (Å²) < 4.78 is 0.854. The Hall–Kier alpha value is -0.320. The van der Waals surface area contributed by atoms with Gasteiger partial charge in [0.15, 0.2) is 0 Å². The summed E-state index contributed by atoms with van der Waals surface area (Å²) in [6.45, 7) is 0.887. The molecule has 3 nitrogen and oxygen atoms in total. The normalized spacial score (nSPS) is 31.4. The monoisotopic (exact) mass is 316 g/mol. The molecule has 1 fully saturated rings. The van der Waals surface area contributed by atoms with Crippen LogP contribution in [0.4, 0.5) is 5.82 Å². The number of halogens is 2. The Kier molecular flexibility index (Phi) is 2.84. The van der Waals surface area contributed by atoms with Gasteiger partial charge in [-0.15, -0.1) is 0 Å². The van der Waals surface area contributed by atoms with Crippen LogP contribution in [0, 0.1) is 0 Å². The fraction of sp³-hybridized carbons (Fsp3) is 0.583. The highest BCUT2D eigenvalue weighted by Gasteiger charge is 2.44. The molecule has 1 aromatic rings. The molecule has 2 aliphatic rings. The topological polar surface area (TPSA) is 45.1 Å². The Morgan fingerprint density at radius 2 is 2.18 bits per heavy atom. The summed E-state index contributed by atoms with van der Waals surface area (Å²) in [7, 11) is 0. The van der Waals surface area contributed by atoms with Crippen LogP contribution in [0.3, 0.4) is 0 Å². The number of rotatable bonds is 0. The highest BCUT2D eigenvalue weighted by Crippen LogP contribution is 2.50. The molecule has 0 aromatic carbocycles. The maximum Gasteiger partial charge on any atom is 0.131 e. The van der Waals surface area contributed by atoms with Crippen LogP contribution in [-0.2, 0) is 5.41 Å². The largest absolute Gasteiger partial charge is 0.393 e. The molecule has 0 unspecified atom stereocenters. The molecular formula is C12H14BrClN2O. The molecular weight excluding hydrogens is 304 g/mol. The zero-order valence-electron chi connectivity index (χ0n) is 9.34. The molecule has 2 N–H and O–H groups in total. The van der Waals surface area contributed by atoms with Gasteiger partial charge in [0, 0.05) is 23.7 Å². The first kappa shape index (κ1) is 11.8. The number of hydrogen-bond donors (Lipinski definition) is 2. The van der Waals surface area contributed by atoms with Gasteiger partial charge >= 0.3 is 0 Å². The molecule has 0 saturated heterocycles. The molecule has 3 rings (SSSR count). The zero-order valence-corrected chi connectivity index (χ0v) is 11.7. The third kappa shape index (κ3) is 1.77.